The Morgan fingerprint density at radius 1 is 1.29 bits per heavy atom. The molecule has 1 saturated heterocycles. The van der Waals surface area contributed by atoms with E-state index >= 15 is 0 Å². The van der Waals surface area contributed by atoms with Gasteiger partial charge in [-0.2, -0.15) is 0 Å². The van der Waals surface area contributed by atoms with Crippen LogP contribution in [-0.2, 0) is 4.79 Å². The van der Waals surface area contributed by atoms with Gasteiger partial charge in [-0.1, -0.05) is 6.07 Å². The Morgan fingerprint density at radius 2 is 2.10 bits per heavy atom. The summed E-state index contributed by atoms with van der Waals surface area (Å²) in [6.45, 7) is 1.75. The van der Waals surface area contributed by atoms with Crippen LogP contribution in [0.5, 0.6) is 5.88 Å². The second-order valence-corrected chi connectivity index (χ2v) is 8.14. The molecule has 31 heavy (non-hydrogen) atoms. The van der Waals surface area contributed by atoms with Gasteiger partial charge in [0.2, 0.25) is 17.3 Å². The van der Waals surface area contributed by atoms with Gasteiger partial charge in [-0.15, -0.1) is 10.2 Å². The van der Waals surface area contributed by atoms with Gasteiger partial charge in [0.15, 0.2) is 5.82 Å². The Kier molecular flexibility index (Phi) is 5.99. The van der Waals surface area contributed by atoms with Gasteiger partial charge >= 0.3 is 0 Å². The van der Waals surface area contributed by atoms with Gasteiger partial charge in [0, 0.05) is 37.8 Å². The van der Waals surface area contributed by atoms with E-state index in [2.05, 4.69) is 20.5 Å². The van der Waals surface area contributed by atoms with E-state index in [0.29, 0.717) is 11.4 Å². The quantitative estimate of drug-likeness (QED) is 0.726. The van der Waals surface area contributed by atoms with E-state index in [9.17, 15) is 18.4 Å². The van der Waals surface area contributed by atoms with Crippen LogP contribution < -0.4 is 15.6 Å². The minimum Gasteiger partial charge on any atom is -0.473 e. The Balaban J connectivity index is 1.38. The molecule has 0 bridgehead atoms. The third-order valence-electron chi connectivity index (χ3n) is 6.03. The van der Waals surface area contributed by atoms with Crippen molar-refractivity contribution in [3.63, 3.8) is 0 Å². The molecule has 1 amide bonds. The number of likely N-dealkylation sites (tertiary alicyclic amines) is 1. The average Bonchev–Trinajstić information content (AvgIpc) is 2.72. The summed E-state index contributed by atoms with van der Waals surface area (Å²) >= 11 is 0. The van der Waals surface area contributed by atoms with E-state index in [4.69, 9.17) is 4.74 Å². The standard InChI is InChI=1S/C21H25F2N5O3/c1-13(20(30)25-17-6-8-19(27-26-17)31-15-3-2-4-15)28-10-9-21(22,23)16(12-28)14-5-7-18(29)24-11-14/h5-8,11,13,15-16H,2-4,9-10,12H2,1H3,(H,24,29)(H,25,26,30)/t13?,16-/m1/s1. The lowest BCUT2D eigenvalue weighted by atomic mass is 9.87. The molecule has 2 aromatic heterocycles. The fourth-order valence-corrected chi connectivity index (χ4v) is 3.77. The summed E-state index contributed by atoms with van der Waals surface area (Å²) in [7, 11) is 0. The number of nitrogens with zero attached hydrogens (tertiary/aromatic N) is 3. The number of alkyl halides is 2. The van der Waals surface area contributed by atoms with Crippen LogP contribution in [0.25, 0.3) is 0 Å². The maximum absolute atomic E-state index is 14.5. The van der Waals surface area contributed by atoms with Gasteiger partial charge in [0.1, 0.15) is 6.10 Å². The predicted octanol–water partition coefficient (Wildman–Crippen LogP) is 2.55. The number of rotatable bonds is 6. The fraction of sp³-hybridized carbons (Fsp3) is 0.524. The number of hydrogen-bond acceptors (Lipinski definition) is 6. The maximum Gasteiger partial charge on any atom is 0.257 e. The topological polar surface area (TPSA) is 100 Å². The average molecular weight is 433 g/mol. The number of hydrogen-bond donors (Lipinski definition) is 2. The van der Waals surface area contributed by atoms with E-state index in [1.54, 1.807) is 24.0 Å². The molecule has 8 nitrogen and oxygen atoms in total. The summed E-state index contributed by atoms with van der Waals surface area (Å²) in [6.07, 6.45) is 4.29. The van der Waals surface area contributed by atoms with Crippen molar-refractivity contribution in [2.75, 3.05) is 18.4 Å². The van der Waals surface area contributed by atoms with E-state index in [1.807, 2.05) is 0 Å². The molecule has 166 valence electrons. The van der Waals surface area contributed by atoms with Gasteiger partial charge in [0.05, 0.1) is 12.0 Å². The van der Waals surface area contributed by atoms with Crippen LogP contribution in [0.4, 0.5) is 14.6 Å². The minimum atomic E-state index is -2.92. The summed E-state index contributed by atoms with van der Waals surface area (Å²) in [5, 5.41) is 10.6. The molecule has 1 aliphatic carbocycles. The lowest BCUT2D eigenvalue weighted by Gasteiger charge is -2.40. The van der Waals surface area contributed by atoms with Crippen molar-refractivity contribution in [3.8, 4) is 5.88 Å². The molecule has 0 aromatic carbocycles. The number of carbonyl (C=O) groups excluding carboxylic acids is 1. The molecule has 2 atom stereocenters. The maximum atomic E-state index is 14.5. The number of anilines is 1. The summed E-state index contributed by atoms with van der Waals surface area (Å²) in [5.74, 6) is -3.70. The second kappa shape index (κ2) is 8.70. The largest absolute Gasteiger partial charge is 0.473 e. The van der Waals surface area contributed by atoms with Gasteiger partial charge in [0.25, 0.3) is 5.92 Å². The molecule has 1 saturated carbocycles. The fourth-order valence-electron chi connectivity index (χ4n) is 3.77. The number of H-pyrrole nitrogens is 1. The number of aromatic nitrogens is 3. The number of ether oxygens (including phenoxy) is 1. The van der Waals surface area contributed by atoms with Crippen molar-refractivity contribution in [3.05, 3.63) is 46.4 Å². The number of amides is 1. The number of halogens is 2. The van der Waals surface area contributed by atoms with E-state index in [0.717, 1.165) is 19.3 Å². The van der Waals surface area contributed by atoms with Crippen molar-refractivity contribution in [1.82, 2.24) is 20.1 Å². The zero-order valence-corrected chi connectivity index (χ0v) is 17.2. The van der Waals surface area contributed by atoms with Gasteiger partial charge in [-0.25, -0.2) is 8.78 Å². The molecule has 2 fully saturated rings. The summed E-state index contributed by atoms with van der Waals surface area (Å²) in [4.78, 5) is 28.1. The first-order valence-electron chi connectivity index (χ1n) is 10.4. The molecular weight excluding hydrogens is 408 g/mol. The first-order chi connectivity index (χ1) is 14.8. The number of carbonyl (C=O) groups is 1. The van der Waals surface area contributed by atoms with Crippen molar-refractivity contribution in [2.45, 2.75) is 56.6 Å². The number of piperidine rings is 1. The van der Waals surface area contributed by atoms with Crippen molar-refractivity contribution >= 4 is 11.7 Å². The summed E-state index contributed by atoms with van der Waals surface area (Å²) in [6, 6.07) is 5.26. The lowest BCUT2D eigenvalue weighted by Crippen LogP contribution is -2.52. The monoisotopic (exact) mass is 433 g/mol. The highest BCUT2D eigenvalue weighted by atomic mass is 19.3. The molecule has 3 heterocycles. The third-order valence-corrected chi connectivity index (χ3v) is 6.03. The van der Waals surface area contributed by atoms with E-state index in [1.165, 1.54) is 18.3 Å². The number of pyridine rings is 1. The lowest BCUT2D eigenvalue weighted by molar-refractivity contribution is -0.125. The predicted molar refractivity (Wildman–Crippen MR) is 109 cm³/mol. The van der Waals surface area contributed by atoms with E-state index in [-0.39, 0.29) is 42.9 Å². The van der Waals surface area contributed by atoms with Gasteiger partial charge in [-0.3, -0.25) is 14.5 Å². The molecule has 0 spiro atoms. The molecule has 4 rings (SSSR count). The highest BCUT2D eigenvalue weighted by molar-refractivity contribution is 5.93. The van der Waals surface area contributed by atoms with Crippen LogP contribution in [0.2, 0.25) is 0 Å². The molecule has 2 aliphatic rings. The van der Waals surface area contributed by atoms with Crippen molar-refractivity contribution < 1.29 is 18.3 Å². The number of aromatic amines is 1. The van der Waals surface area contributed by atoms with Crippen LogP contribution in [0.1, 0.15) is 44.1 Å². The van der Waals surface area contributed by atoms with Gasteiger partial charge < -0.3 is 15.0 Å². The molecular formula is C21H25F2N5O3. The van der Waals surface area contributed by atoms with Crippen molar-refractivity contribution in [2.24, 2.45) is 0 Å². The Labute approximate surface area is 178 Å². The normalized spacial score (nSPS) is 22.4. The Bertz CT molecular complexity index is 957. The Hall–Kier alpha value is -2.88. The highest BCUT2D eigenvalue weighted by Crippen LogP contribution is 2.40. The third kappa shape index (κ3) is 4.90. The minimum absolute atomic E-state index is 0.00647. The molecule has 2 N–H and O–H groups in total. The first-order valence-corrected chi connectivity index (χ1v) is 10.4. The number of nitrogens with one attached hydrogen (secondary N) is 2. The second-order valence-electron chi connectivity index (χ2n) is 8.14. The van der Waals surface area contributed by atoms with Crippen LogP contribution in [0.3, 0.4) is 0 Å². The van der Waals surface area contributed by atoms with Crippen LogP contribution in [0.15, 0.2) is 35.3 Å². The molecule has 10 heteroatoms. The van der Waals surface area contributed by atoms with Gasteiger partial charge in [-0.05, 0) is 37.8 Å². The Morgan fingerprint density at radius 3 is 2.71 bits per heavy atom. The zero-order chi connectivity index (χ0) is 22.0. The van der Waals surface area contributed by atoms with E-state index < -0.39 is 17.9 Å². The first kappa shape index (κ1) is 21.4. The zero-order valence-electron chi connectivity index (χ0n) is 17.2. The molecule has 1 unspecified atom stereocenters. The highest BCUT2D eigenvalue weighted by Gasteiger charge is 2.46. The summed E-state index contributed by atoms with van der Waals surface area (Å²) < 4.78 is 34.7. The van der Waals surface area contributed by atoms with Crippen LogP contribution in [-0.4, -0.2) is 57.1 Å². The smallest absolute Gasteiger partial charge is 0.257 e. The molecule has 0 radical (unpaired) electrons. The molecule has 1 aliphatic heterocycles. The van der Waals surface area contributed by atoms with Crippen LogP contribution in [0, 0.1) is 0 Å². The molecule has 2 aromatic rings. The van der Waals surface area contributed by atoms with Crippen LogP contribution >= 0.6 is 0 Å². The SMILES string of the molecule is CC(C(=O)Nc1ccc(OC2CCC2)nn1)N1CCC(F)(F)[C@@H](c2ccc(=O)[nH]c2)C1. The summed E-state index contributed by atoms with van der Waals surface area (Å²) in [5.41, 5.74) is -0.00693. The van der Waals surface area contributed by atoms with Crippen molar-refractivity contribution in [1.29, 1.82) is 0 Å².